The molecule has 5 atom stereocenters. The van der Waals surface area contributed by atoms with Crippen molar-refractivity contribution in [1.82, 2.24) is 19.5 Å². The Morgan fingerprint density at radius 2 is 1.49 bits per heavy atom. The van der Waals surface area contributed by atoms with Crippen LogP contribution in [0, 0.1) is 11.3 Å². The van der Waals surface area contributed by atoms with Crippen LogP contribution in [0.1, 0.15) is 66.0 Å². The number of nitriles is 1. The maximum Gasteiger partial charge on any atom is 0.256 e. The summed E-state index contributed by atoms with van der Waals surface area (Å²) in [5, 5.41) is 13.3. The number of ether oxygens (including phenoxy) is 4. The summed E-state index contributed by atoms with van der Waals surface area (Å²) in [4.78, 5) is 27.4. The molecule has 1 unspecified atom stereocenters. The van der Waals surface area contributed by atoms with Gasteiger partial charge in [0, 0.05) is 21.4 Å². The van der Waals surface area contributed by atoms with Crippen molar-refractivity contribution in [3.05, 3.63) is 178 Å². The molecular formula is C54H57Cl2N6O8PS2Si. The van der Waals surface area contributed by atoms with E-state index in [4.69, 9.17) is 77.4 Å². The van der Waals surface area contributed by atoms with Gasteiger partial charge in [-0.05, 0) is 101 Å². The van der Waals surface area contributed by atoms with Gasteiger partial charge in [0.1, 0.15) is 41.7 Å². The van der Waals surface area contributed by atoms with Crippen molar-refractivity contribution in [3.63, 3.8) is 0 Å². The first kappa shape index (κ1) is 55.1. The number of benzene rings is 5. The summed E-state index contributed by atoms with van der Waals surface area (Å²) in [5.74, 6) is 1.48. The van der Waals surface area contributed by atoms with Gasteiger partial charge in [-0.2, -0.15) is 5.26 Å². The molecule has 74 heavy (non-hydrogen) atoms. The van der Waals surface area contributed by atoms with E-state index >= 15 is 0 Å². The average Bonchev–Trinajstić information content (AvgIpc) is 3.97. The molecule has 2 aromatic heterocycles. The van der Waals surface area contributed by atoms with Crippen molar-refractivity contribution in [2.24, 2.45) is 0 Å². The predicted molar refractivity (Wildman–Crippen MR) is 297 cm³/mol. The van der Waals surface area contributed by atoms with E-state index < -0.39 is 44.2 Å². The number of nitrogens with zero attached hydrogens (tertiary/aromatic N) is 5. The maximum atomic E-state index is 13.5. The fraction of sp³-hybridized carbons (Fsp3) is 0.315. The van der Waals surface area contributed by atoms with Crippen molar-refractivity contribution >= 4 is 83.3 Å². The standard InChI is InChI=1S/C54H57Cl2N6O8PS2Si/c1-53(2,3)74(6,7)70-47-45(32-66-54(38-17-12-9-13-18-38,39-20-25-42(64-4)26-21-39)40-22-27-43(65-5)28-23-40)68-52(48(47)69-71(72,67-30-14-29-57)73-33-37-19-24-41(55)31-44(37)56)62-35-60-46-49(58-34-59-50(46)62)61-51(63)36-15-10-8-11-16-36/h8-13,15-28,31,34-35,45,47-48,52H,14,30,32-33H2,1-7H3,(H,58,59,61,63)/t45-,47+,48-,52-,71?/m1/s1. The number of nitrogens with one attached hydrogen (secondary N) is 1. The number of amides is 1. The van der Waals surface area contributed by atoms with Crippen LogP contribution in [0.3, 0.4) is 0 Å². The van der Waals surface area contributed by atoms with Crippen LogP contribution in [0.15, 0.2) is 140 Å². The lowest BCUT2D eigenvalue weighted by Gasteiger charge is -2.42. The minimum atomic E-state index is -3.46. The molecule has 1 aliphatic rings. The number of hydrogen-bond acceptors (Lipinski definition) is 14. The van der Waals surface area contributed by atoms with Crippen LogP contribution in [-0.2, 0) is 46.1 Å². The Morgan fingerprint density at radius 1 is 0.865 bits per heavy atom. The molecule has 386 valence electrons. The van der Waals surface area contributed by atoms with Gasteiger partial charge in [-0.1, -0.05) is 134 Å². The average molecular weight is 1110 g/mol. The van der Waals surface area contributed by atoms with E-state index in [1.54, 1.807) is 61.5 Å². The molecule has 8 rings (SSSR count). The van der Waals surface area contributed by atoms with E-state index in [9.17, 15) is 10.1 Å². The largest absolute Gasteiger partial charge is 0.497 e. The number of anilines is 1. The number of halogens is 2. The summed E-state index contributed by atoms with van der Waals surface area (Å²) in [6.07, 6.45) is -0.766. The van der Waals surface area contributed by atoms with E-state index in [0.29, 0.717) is 44.0 Å². The van der Waals surface area contributed by atoms with Gasteiger partial charge in [-0.25, -0.2) is 15.0 Å². The van der Waals surface area contributed by atoms with Crippen molar-refractivity contribution in [2.75, 3.05) is 32.8 Å². The molecule has 7 aromatic rings. The molecule has 0 saturated carbocycles. The summed E-state index contributed by atoms with van der Waals surface area (Å²) >= 11 is 20.8. The lowest BCUT2D eigenvalue weighted by atomic mass is 9.80. The molecule has 0 aliphatic carbocycles. The smallest absolute Gasteiger partial charge is 0.256 e. The Morgan fingerprint density at radius 3 is 2.08 bits per heavy atom. The lowest BCUT2D eigenvalue weighted by molar-refractivity contribution is -0.0926. The SMILES string of the molecule is COc1ccc(C(OC[C@H]2O[C@@H](n3cnc4c(NC(=O)c5ccccc5)ncnc43)[C@H](OP(=S)(OCCC#N)SCc3ccc(Cl)cc3Cl)[C@H]2O[Si](C)(C)C(C)(C)C)(c2ccccc2)c2ccc(OC)cc2)cc1. The van der Waals surface area contributed by atoms with Crippen molar-refractivity contribution in [2.45, 2.75) is 81.2 Å². The summed E-state index contributed by atoms with van der Waals surface area (Å²) in [5.41, 5.74) is -0.365. The van der Waals surface area contributed by atoms with Gasteiger partial charge in [0.2, 0.25) is 5.69 Å². The summed E-state index contributed by atoms with van der Waals surface area (Å²) in [6, 6.07) is 41.9. The Hall–Kier alpha value is -5.19. The second kappa shape index (κ2) is 23.8. The van der Waals surface area contributed by atoms with Crippen LogP contribution in [0.2, 0.25) is 28.2 Å². The van der Waals surface area contributed by atoms with E-state index in [1.165, 1.54) is 17.7 Å². The Kier molecular flexibility index (Phi) is 17.7. The molecule has 0 spiro atoms. The second-order valence-electron chi connectivity index (χ2n) is 18.9. The number of fused-ring (bicyclic) bond motifs is 1. The number of imidazole rings is 1. The van der Waals surface area contributed by atoms with Crippen LogP contribution in [0.5, 0.6) is 11.5 Å². The minimum Gasteiger partial charge on any atom is -0.497 e. The van der Waals surface area contributed by atoms with Gasteiger partial charge in [-0.3, -0.25) is 9.36 Å². The lowest BCUT2D eigenvalue weighted by Crippen LogP contribution is -2.50. The first-order valence-corrected chi connectivity index (χ1v) is 31.6. The number of carbonyl (C=O) groups excluding carboxylic acids is 1. The maximum absolute atomic E-state index is 13.5. The summed E-state index contributed by atoms with van der Waals surface area (Å²) < 4.78 is 49.2. The molecule has 1 amide bonds. The van der Waals surface area contributed by atoms with Gasteiger partial charge >= 0.3 is 0 Å². The molecule has 1 saturated heterocycles. The van der Waals surface area contributed by atoms with E-state index in [1.807, 2.05) is 91.0 Å². The van der Waals surface area contributed by atoms with Crippen molar-refractivity contribution < 1.29 is 37.2 Å². The van der Waals surface area contributed by atoms with Gasteiger partial charge in [0.25, 0.3) is 5.91 Å². The molecule has 0 radical (unpaired) electrons. The van der Waals surface area contributed by atoms with Crippen LogP contribution >= 0.6 is 40.3 Å². The molecule has 1 fully saturated rings. The fourth-order valence-electron chi connectivity index (χ4n) is 8.26. The third-order valence-corrected chi connectivity index (χ3v) is 23.4. The first-order chi connectivity index (χ1) is 35.5. The zero-order valence-electron chi connectivity index (χ0n) is 41.9. The number of carbonyl (C=O) groups is 1. The zero-order chi connectivity index (χ0) is 52.7. The Balaban J connectivity index is 1.28. The van der Waals surface area contributed by atoms with Gasteiger partial charge in [-0.15, -0.1) is 0 Å². The molecule has 1 aliphatic heterocycles. The molecule has 3 heterocycles. The Labute approximate surface area is 452 Å². The minimum absolute atomic E-state index is 0.00267. The van der Waals surface area contributed by atoms with Gasteiger partial charge in [0.15, 0.2) is 31.5 Å². The van der Waals surface area contributed by atoms with Crippen molar-refractivity contribution in [1.29, 1.82) is 5.26 Å². The van der Waals surface area contributed by atoms with Crippen molar-refractivity contribution in [3.8, 4) is 17.6 Å². The normalized spacial score (nSPS) is 17.9. The quantitative estimate of drug-likeness (QED) is 0.0313. The van der Waals surface area contributed by atoms with E-state index in [0.717, 1.165) is 22.3 Å². The molecule has 20 heteroatoms. The van der Waals surface area contributed by atoms with E-state index in [-0.39, 0.29) is 36.4 Å². The monoisotopic (exact) mass is 1110 g/mol. The van der Waals surface area contributed by atoms with Crippen LogP contribution in [-0.4, -0.2) is 79.5 Å². The first-order valence-electron chi connectivity index (χ1n) is 23.7. The van der Waals surface area contributed by atoms with Crippen LogP contribution < -0.4 is 14.8 Å². The molecule has 0 bridgehead atoms. The number of aromatic nitrogens is 4. The van der Waals surface area contributed by atoms with Crippen LogP contribution in [0.4, 0.5) is 5.82 Å². The van der Waals surface area contributed by atoms with Crippen LogP contribution in [0.25, 0.3) is 11.2 Å². The number of rotatable bonds is 21. The Bertz CT molecular complexity index is 3080. The number of methoxy groups -OCH3 is 2. The summed E-state index contributed by atoms with van der Waals surface area (Å²) in [6.45, 7) is 10.8. The highest BCUT2D eigenvalue weighted by Gasteiger charge is 2.54. The molecule has 14 nitrogen and oxygen atoms in total. The second-order valence-corrected chi connectivity index (χ2v) is 30.7. The zero-order valence-corrected chi connectivity index (χ0v) is 47.0. The highest BCUT2D eigenvalue weighted by Crippen LogP contribution is 2.65. The van der Waals surface area contributed by atoms with Gasteiger partial charge < -0.3 is 37.7 Å². The predicted octanol–water partition coefficient (Wildman–Crippen LogP) is 13.2. The fourth-order valence-corrected chi connectivity index (χ4v) is 14.5. The highest BCUT2D eigenvalue weighted by atomic mass is 35.5. The summed E-state index contributed by atoms with van der Waals surface area (Å²) in [7, 11) is 0.517. The molecule has 5 aromatic carbocycles. The third-order valence-electron chi connectivity index (χ3n) is 13.2. The van der Waals surface area contributed by atoms with Gasteiger partial charge in [0.05, 0.1) is 46.3 Å². The molecule has 1 N–H and O–H groups in total. The third kappa shape index (κ3) is 12.2. The van der Waals surface area contributed by atoms with E-state index in [2.05, 4.69) is 50.2 Å². The molecular weight excluding hydrogens is 1050 g/mol. The highest BCUT2D eigenvalue weighted by molar-refractivity contribution is 8.67. The topological polar surface area (TPSA) is 161 Å². The number of hydrogen-bond donors (Lipinski definition) is 1.